The van der Waals surface area contributed by atoms with Crippen LogP contribution in [0.1, 0.15) is 63.1 Å². The molecule has 0 saturated heterocycles. The highest BCUT2D eigenvalue weighted by Crippen LogP contribution is 2.62. The van der Waals surface area contributed by atoms with E-state index in [1.165, 1.54) is 24.1 Å². The number of ether oxygens (including phenoxy) is 2. The topological polar surface area (TPSA) is 80.2 Å². The third-order valence-corrected chi connectivity index (χ3v) is 7.31. The minimum atomic E-state index is -4.38. The van der Waals surface area contributed by atoms with Gasteiger partial charge >= 0.3 is 12.3 Å². The summed E-state index contributed by atoms with van der Waals surface area (Å²) in [6.45, 7) is 5.16. The molecule has 1 aromatic carbocycles. The minimum Gasteiger partial charge on any atom is -0.444 e. The SMILES string of the molecule is COC1CCC2(CC1)Cc1ccc(CC(F)(F)F)cc1C21N=C(NC(=O)OC(C)(C)C)N(C)C1=O. The maximum absolute atomic E-state index is 14.0. The number of halogens is 3. The van der Waals surface area contributed by atoms with E-state index in [9.17, 15) is 22.8 Å². The maximum Gasteiger partial charge on any atom is 0.414 e. The van der Waals surface area contributed by atoms with E-state index in [4.69, 9.17) is 14.5 Å². The molecule has 192 valence electrons. The molecule has 3 aliphatic rings. The van der Waals surface area contributed by atoms with Gasteiger partial charge < -0.3 is 9.47 Å². The van der Waals surface area contributed by atoms with Crippen molar-refractivity contribution < 1.29 is 32.2 Å². The lowest BCUT2D eigenvalue weighted by molar-refractivity contribution is -0.137. The van der Waals surface area contributed by atoms with Gasteiger partial charge in [0.05, 0.1) is 12.5 Å². The van der Waals surface area contributed by atoms with Crippen LogP contribution in [0.4, 0.5) is 18.0 Å². The monoisotopic (exact) mass is 495 g/mol. The first-order chi connectivity index (χ1) is 16.2. The lowest BCUT2D eigenvalue weighted by atomic mass is 9.61. The van der Waals surface area contributed by atoms with Gasteiger partial charge in [0.2, 0.25) is 5.96 Å². The Morgan fingerprint density at radius 3 is 2.46 bits per heavy atom. The predicted molar refractivity (Wildman–Crippen MR) is 123 cm³/mol. The Hall–Kier alpha value is -2.62. The molecule has 0 aromatic heterocycles. The Labute approximate surface area is 203 Å². The van der Waals surface area contributed by atoms with Crippen LogP contribution >= 0.6 is 0 Å². The predicted octanol–water partition coefficient (Wildman–Crippen LogP) is 4.47. The Kier molecular flexibility index (Phi) is 6.18. The van der Waals surface area contributed by atoms with Gasteiger partial charge in [0, 0.05) is 19.6 Å². The summed E-state index contributed by atoms with van der Waals surface area (Å²) >= 11 is 0. The largest absolute Gasteiger partial charge is 0.444 e. The molecule has 2 aliphatic carbocycles. The Morgan fingerprint density at radius 2 is 1.89 bits per heavy atom. The molecule has 1 N–H and O–H groups in total. The number of amides is 2. The van der Waals surface area contributed by atoms with Crippen molar-refractivity contribution in [3.8, 4) is 0 Å². The van der Waals surface area contributed by atoms with Crippen molar-refractivity contribution in [2.24, 2.45) is 10.4 Å². The van der Waals surface area contributed by atoms with Crippen molar-refractivity contribution in [1.82, 2.24) is 10.2 Å². The number of nitrogens with one attached hydrogen (secondary N) is 1. The number of fused-ring (bicyclic) bond motifs is 3. The van der Waals surface area contributed by atoms with E-state index >= 15 is 0 Å². The van der Waals surface area contributed by atoms with Crippen LogP contribution in [0.2, 0.25) is 0 Å². The summed E-state index contributed by atoms with van der Waals surface area (Å²) < 4.78 is 50.4. The van der Waals surface area contributed by atoms with E-state index in [0.717, 1.165) is 5.56 Å². The van der Waals surface area contributed by atoms with Gasteiger partial charge in [0.15, 0.2) is 5.54 Å². The summed E-state index contributed by atoms with van der Waals surface area (Å²) in [7, 11) is 3.17. The average molecular weight is 496 g/mol. The summed E-state index contributed by atoms with van der Waals surface area (Å²) in [5, 5.41) is 2.58. The van der Waals surface area contributed by atoms with Gasteiger partial charge in [0.25, 0.3) is 5.91 Å². The number of nitrogens with zero attached hydrogens (tertiary/aromatic N) is 2. The number of guanidine groups is 1. The summed E-state index contributed by atoms with van der Waals surface area (Å²) in [5.74, 6) is -0.325. The number of methoxy groups -OCH3 is 1. The second-order valence-corrected chi connectivity index (χ2v) is 10.8. The van der Waals surface area contributed by atoms with E-state index < -0.39 is 35.2 Å². The second kappa shape index (κ2) is 8.50. The van der Waals surface area contributed by atoms with Gasteiger partial charge in [-0.1, -0.05) is 18.2 Å². The molecule has 1 heterocycles. The van der Waals surface area contributed by atoms with Crippen molar-refractivity contribution in [1.29, 1.82) is 0 Å². The first-order valence-corrected chi connectivity index (χ1v) is 11.8. The molecule has 1 unspecified atom stereocenters. The molecule has 35 heavy (non-hydrogen) atoms. The number of carbonyl (C=O) groups is 2. The van der Waals surface area contributed by atoms with Crippen LogP contribution in [0.15, 0.2) is 23.2 Å². The third kappa shape index (κ3) is 4.52. The lowest BCUT2D eigenvalue weighted by Crippen LogP contribution is -2.51. The van der Waals surface area contributed by atoms with Crippen molar-refractivity contribution in [2.75, 3.05) is 14.2 Å². The molecule has 1 saturated carbocycles. The molecule has 1 atom stereocenters. The van der Waals surface area contributed by atoms with Crippen molar-refractivity contribution in [2.45, 2.75) is 82.7 Å². The zero-order valence-corrected chi connectivity index (χ0v) is 20.7. The standard InChI is InChI=1S/C25H32F3N3O4/c1-22(2,3)35-21(33)29-20-30-25(19(32)31(20)4)18-12-15(13-24(26,27)28)6-7-16(18)14-23(25)10-8-17(34-5)9-11-23/h6-7,12,17H,8-11,13-14H2,1-5H3,(H,29,30,33). The number of alkyl halides is 3. The van der Waals surface area contributed by atoms with Crippen LogP contribution < -0.4 is 5.32 Å². The quantitative estimate of drug-likeness (QED) is 0.657. The zero-order valence-electron chi connectivity index (χ0n) is 20.7. The first-order valence-electron chi connectivity index (χ1n) is 11.8. The van der Waals surface area contributed by atoms with E-state index in [2.05, 4.69) is 5.32 Å². The van der Waals surface area contributed by atoms with Crippen LogP contribution in [-0.4, -0.2) is 54.9 Å². The van der Waals surface area contributed by atoms with Gasteiger partial charge in [-0.3, -0.25) is 15.0 Å². The summed E-state index contributed by atoms with van der Waals surface area (Å²) in [4.78, 5) is 32.5. The summed E-state index contributed by atoms with van der Waals surface area (Å²) in [6.07, 6.45) is -2.98. The fourth-order valence-corrected chi connectivity index (χ4v) is 5.80. The van der Waals surface area contributed by atoms with E-state index in [0.29, 0.717) is 37.7 Å². The fraction of sp³-hybridized carbons (Fsp3) is 0.640. The second-order valence-electron chi connectivity index (χ2n) is 10.8. The minimum absolute atomic E-state index is 0.0339. The van der Waals surface area contributed by atoms with Gasteiger partial charge in [-0.2, -0.15) is 13.2 Å². The van der Waals surface area contributed by atoms with Gasteiger partial charge in [-0.15, -0.1) is 0 Å². The maximum atomic E-state index is 14.0. The third-order valence-electron chi connectivity index (χ3n) is 7.31. The number of carbonyl (C=O) groups excluding carboxylic acids is 2. The van der Waals surface area contributed by atoms with Gasteiger partial charge in [-0.05, 0) is 69.6 Å². The van der Waals surface area contributed by atoms with Crippen LogP contribution in [0.3, 0.4) is 0 Å². The Morgan fingerprint density at radius 1 is 1.23 bits per heavy atom. The highest BCUT2D eigenvalue weighted by molar-refractivity contribution is 6.12. The van der Waals surface area contributed by atoms with E-state index in [-0.39, 0.29) is 23.5 Å². The van der Waals surface area contributed by atoms with Crippen LogP contribution in [-0.2, 0) is 32.6 Å². The highest BCUT2D eigenvalue weighted by Gasteiger charge is 2.66. The molecule has 0 bridgehead atoms. The number of likely N-dealkylation sites (N-methyl/N-ethyl adjacent to an activating group) is 1. The number of rotatable bonds is 2. The molecule has 7 nitrogen and oxygen atoms in total. The highest BCUT2D eigenvalue weighted by atomic mass is 19.4. The van der Waals surface area contributed by atoms with Gasteiger partial charge in [-0.25, -0.2) is 9.79 Å². The van der Waals surface area contributed by atoms with E-state index in [1.54, 1.807) is 33.9 Å². The molecular weight excluding hydrogens is 463 g/mol. The molecule has 1 aromatic rings. The number of alkyl carbamates (subject to hydrolysis) is 1. The van der Waals surface area contributed by atoms with Crippen LogP contribution in [0.25, 0.3) is 0 Å². The Bertz CT molecular complexity index is 1060. The zero-order chi connectivity index (χ0) is 25.8. The molecule has 2 spiro atoms. The fourth-order valence-electron chi connectivity index (χ4n) is 5.80. The van der Waals surface area contributed by atoms with E-state index in [1.807, 2.05) is 0 Å². The van der Waals surface area contributed by atoms with Crippen molar-refractivity contribution in [3.63, 3.8) is 0 Å². The van der Waals surface area contributed by atoms with Crippen molar-refractivity contribution >= 4 is 18.0 Å². The molecule has 1 aliphatic heterocycles. The van der Waals surface area contributed by atoms with Crippen LogP contribution in [0.5, 0.6) is 0 Å². The average Bonchev–Trinajstić information content (AvgIpc) is 3.14. The molecule has 1 fully saturated rings. The Balaban J connectivity index is 1.80. The summed E-state index contributed by atoms with van der Waals surface area (Å²) in [6, 6.07) is 4.65. The lowest BCUT2D eigenvalue weighted by Gasteiger charge is -2.45. The first kappa shape index (κ1) is 25.5. The molecule has 10 heteroatoms. The molecular formula is C25H32F3N3O4. The van der Waals surface area contributed by atoms with Crippen molar-refractivity contribution in [3.05, 3.63) is 34.9 Å². The molecule has 0 radical (unpaired) electrons. The number of hydrogen-bond acceptors (Lipinski definition) is 5. The normalized spacial score (nSPS) is 28.5. The number of aliphatic imine (C=N–C) groups is 1. The summed E-state index contributed by atoms with van der Waals surface area (Å²) in [5.41, 5.74) is -1.40. The number of hydrogen-bond donors (Lipinski definition) is 1. The smallest absolute Gasteiger partial charge is 0.414 e. The van der Waals surface area contributed by atoms with Crippen LogP contribution in [0, 0.1) is 5.41 Å². The molecule has 4 rings (SSSR count). The van der Waals surface area contributed by atoms with Gasteiger partial charge in [0.1, 0.15) is 5.60 Å². The number of benzene rings is 1. The molecule has 2 amide bonds.